The molecule has 1 saturated carbocycles. The molecule has 0 nitrogen and oxygen atoms in total. The van der Waals surface area contributed by atoms with Gasteiger partial charge < -0.3 is 6.42 Å². The third-order valence-electron chi connectivity index (χ3n) is 1.73. The molecule has 0 atom stereocenters. The van der Waals surface area contributed by atoms with E-state index in [1.807, 2.05) is 0 Å². The average molecular weight is 268 g/mol. The molecule has 0 aromatic carbocycles. The van der Waals surface area contributed by atoms with Crippen LogP contribution in [0.4, 0.5) is 0 Å². The van der Waals surface area contributed by atoms with Gasteiger partial charge in [-0.2, -0.15) is 12.8 Å². The summed E-state index contributed by atoms with van der Waals surface area (Å²) in [6, 6.07) is 0. The Labute approximate surface area is 157 Å². The van der Waals surface area contributed by atoms with Gasteiger partial charge in [0.15, 0.2) is 0 Å². The Balaban J connectivity index is 0. The molecule has 0 bridgehead atoms. The van der Waals surface area contributed by atoms with Gasteiger partial charge in [0.05, 0.1) is 0 Å². The zero-order chi connectivity index (χ0) is 5.11. The third kappa shape index (κ3) is 7.95. The fourth-order valence-electron chi connectivity index (χ4n) is 1.09. The van der Waals surface area contributed by atoms with E-state index >= 15 is 0 Å². The largest absolute Gasteiger partial charge is 1.00 e. The Morgan fingerprint density at radius 2 is 1.56 bits per heavy atom. The minimum absolute atomic E-state index is 0. The summed E-state index contributed by atoms with van der Waals surface area (Å²) in [5.74, 6) is 1.00. The monoisotopic (exact) mass is 267 g/mol. The van der Waals surface area contributed by atoms with Crippen LogP contribution in [0.15, 0.2) is 0 Å². The average Bonchev–Trinajstić information content (AvgIpc) is 1.69. The summed E-state index contributed by atoms with van der Waals surface area (Å²) in [5, 5.41) is 0. The van der Waals surface area contributed by atoms with E-state index in [-0.39, 0.29) is 116 Å². The van der Waals surface area contributed by atoms with Crippen molar-refractivity contribution in [1.29, 1.82) is 0 Å². The predicted octanol–water partition coefficient (Wildman–Crippen LogP) is -3.59. The van der Waals surface area contributed by atoms with Crippen LogP contribution in [0.1, 0.15) is 32.6 Å². The summed E-state index contributed by atoms with van der Waals surface area (Å²) < 4.78 is 0. The van der Waals surface area contributed by atoms with Gasteiger partial charge in [0, 0.05) is 0 Å². The molecule has 1 aliphatic carbocycles. The molecule has 42 valence electrons. The van der Waals surface area contributed by atoms with Crippen LogP contribution in [0, 0.1) is 12.3 Å². The van der Waals surface area contributed by atoms with Crippen LogP contribution >= 0.6 is 0 Å². The summed E-state index contributed by atoms with van der Waals surface area (Å²) in [6.07, 6.45) is 7.99. The van der Waals surface area contributed by atoms with Crippen molar-refractivity contribution in [3.8, 4) is 0 Å². The van der Waals surface area contributed by atoms with Crippen LogP contribution in [-0.2, 0) is 0 Å². The summed E-state index contributed by atoms with van der Waals surface area (Å²) in [5.41, 5.74) is 0. The van der Waals surface area contributed by atoms with E-state index in [1.165, 1.54) is 25.7 Å². The topological polar surface area (TPSA) is 0 Å². The van der Waals surface area contributed by atoms with Gasteiger partial charge in [0.2, 0.25) is 0 Å². The van der Waals surface area contributed by atoms with Crippen molar-refractivity contribution >= 4 is 0 Å². The Kier molecular flexibility index (Phi) is 16.3. The van der Waals surface area contributed by atoms with E-state index in [1.54, 1.807) is 0 Å². The van der Waals surface area contributed by atoms with Gasteiger partial charge in [-0.05, 0) is 5.92 Å². The standard InChI is InChI=1S/C7H13.2Rb/c1-7-5-3-2-4-6-7;;/h2,7H,3-6H2,1H3;;/q-1;2*+1. The van der Waals surface area contributed by atoms with Crippen molar-refractivity contribution in [2.75, 3.05) is 0 Å². The van der Waals surface area contributed by atoms with Crippen LogP contribution in [0.5, 0.6) is 0 Å². The maximum absolute atomic E-state index is 2.40. The van der Waals surface area contributed by atoms with E-state index in [4.69, 9.17) is 0 Å². The van der Waals surface area contributed by atoms with Crippen molar-refractivity contribution in [3.05, 3.63) is 6.42 Å². The van der Waals surface area contributed by atoms with Crippen molar-refractivity contribution in [2.45, 2.75) is 32.6 Å². The first-order chi connectivity index (χ1) is 3.39. The van der Waals surface area contributed by atoms with Gasteiger partial charge in [0.1, 0.15) is 0 Å². The van der Waals surface area contributed by atoms with Crippen molar-refractivity contribution in [1.82, 2.24) is 0 Å². The molecule has 1 aliphatic rings. The first kappa shape index (κ1) is 15.1. The molecule has 0 amide bonds. The number of hydrogen-bond donors (Lipinski definition) is 0. The van der Waals surface area contributed by atoms with Crippen molar-refractivity contribution in [2.24, 2.45) is 5.92 Å². The van der Waals surface area contributed by atoms with Gasteiger partial charge in [0.25, 0.3) is 0 Å². The van der Waals surface area contributed by atoms with Crippen LogP contribution in [0.3, 0.4) is 0 Å². The quantitative estimate of drug-likeness (QED) is 0.398. The minimum atomic E-state index is 0. The van der Waals surface area contributed by atoms with E-state index in [9.17, 15) is 0 Å². The maximum Gasteiger partial charge on any atom is 1.00 e. The van der Waals surface area contributed by atoms with Crippen molar-refractivity contribution in [3.63, 3.8) is 0 Å². The van der Waals surface area contributed by atoms with Crippen molar-refractivity contribution < 1.29 is 116 Å². The predicted molar refractivity (Wildman–Crippen MR) is 31.9 cm³/mol. The molecule has 9 heavy (non-hydrogen) atoms. The summed E-state index contributed by atoms with van der Waals surface area (Å²) in [4.78, 5) is 0. The van der Waals surface area contributed by atoms with Crippen LogP contribution in [0.25, 0.3) is 0 Å². The molecule has 0 N–H and O–H groups in total. The zero-order valence-corrected chi connectivity index (χ0v) is 16.8. The second-order valence-corrected chi connectivity index (χ2v) is 2.55. The molecular weight excluding hydrogens is 255 g/mol. The molecule has 0 saturated heterocycles. The second kappa shape index (κ2) is 9.70. The fraction of sp³-hybridized carbons (Fsp3) is 0.857. The first-order valence-electron chi connectivity index (χ1n) is 3.21. The third-order valence-corrected chi connectivity index (χ3v) is 1.73. The normalized spacial score (nSPS) is 19.7. The molecule has 0 heterocycles. The molecule has 0 unspecified atom stereocenters. The Morgan fingerprint density at radius 1 is 1.11 bits per heavy atom. The summed E-state index contributed by atoms with van der Waals surface area (Å²) in [7, 11) is 0. The van der Waals surface area contributed by atoms with Gasteiger partial charge in [-0.3, -0.25) is 0 Å². The van der Waals surface area contributed by atoms with Gasteiger partial charge in [-0.1, -0.05) is 19.8 Å². The van der Waals surface area contributed by atoms with Crippen LogP contribution < -0.4 is 116 Å². The maximum atomic E-state index is 2.40. The molecule has 0 aromatic rings. The molecule has 0 spiro atoms. The zero-order valence-electron chi connectivity index (χ0n) is 6.98. The van der Waals surface area contributed by atoms with E-state index in [0.717, 1.165) is 5.92 Å². The first-order valence-corrected chi connectivity index (χ1v) is 3.21. The molecule has 0 aliphatic heterocycles. The molecule has 2 heteroatoms. The second-order valence-electron chi connectivity index (χ2n) is 2.55. The van der Waals surface area contributed by atoms with E-state index in [2.05, 4.69) is 13.3 Å². The summed E-state index contributed by atoms with van der Waals surface area (Å²) in [6.45, 7) is 2.34. The van der Waals surface area contributed by atoms with Gasteiger partial charge in [-0.25, -0.2) is 0 Å². The summed E-state index contributed by atoms with van der Waals surface area (Å²) >= 11 is 0. The molecular formula is C7H13Rb2+. The Bertz CT molecular complexity index is 48.9. The molecule has 0 radical (unpaired) electrons. The molecule has 0 aromatic heterocycles. The minimum Gasteiger partial charge on any atom is -0.328 e. The molecule has 1 rings (SSSR count). The van der Waals surface area contributed by atoms with Gasteiger partial charge >= 0.3 is 116 Å². The molecule has 1 fully saturated rings. The SMILES string of the molecule is CC1CC[CH-]CC1.[Rb+].[Rb+]. The van der Waals surface area contributed by atoms with E-state index < -0.39 is 0 Å². The Morgan fingerprint density at radius 3 is 1.78 bits per heavy atom. The fourth-order valence-corrected chi connectivity index (χ4v) is 1.09. The Hall–Kier alpha value is 3.61. The number of rotatable bonds is 0. The van der Waals surface area contributed by atoms with E-state index in [0.29, 0.717) is 0 Å². The van der Waals surface area contributed by atoms with Crippen LogP contribution in [-0.4, -0.2) is 0 Å². The van der Waals surface area contributed by atoms with Gasteiger partial charge in [-0.15, -0.1) is 0 Å². The number of hydrogen-bond acceptors (Lipinski definition) is 0. The van der Waals surface area contributed by atoms with Crippen LogP contribution in [0.2, 0.25) is 0 Å². The smallest absolute Gasteiger partial charge is 0.328 e.